The minimum Gasteiger partial charge on any atom is -0.387 e. The lowest BCUT2D eigenvalue weighted by molar-refractivity contribution is -0.155. The van der Waals surface area contributed by atoms with Gasteiger partial charge in [-0.15, -0.1) is 0 Å². The molecule has 0 spiro atoms. The summed E-state index contributed by atoms with van der Waals surface area (Å²) in [5.41, 5.74) is -2.87. The summed E-state index contributed by atoms with van der Waals surface area (Å²) in [5.74, 6) is -2.41. The van der Waals surface area contributed by atoms with Crippen molar-refractivity contribution in [3.8, 4) is 0 Å². The summed E-state index contributed by atoms with van der Waals surface area (Å²) in [5, 5.41) is 1.94. The van der Waals surface area contributed by atoms with Crippen molar-refractivity contribution in [1.82, 2.24) is 5.32 Å². The summed E-state index contributed by atoms with van der Waals surface area (Å²) < 4.78 is 29.8. The van der Waals surface area contributed by atoms with E-state index in [1.807, 2.05) is 0 Å². The van der Waals surface area contributed by atoms with Crippen LogP contribution in [0, 0.1) is 0 Å². The highest BCUT2D eigenvalue weighted by atomic mass is 35.5. The van der Waals surface area contributed by atoms with Crippen molar-refractivity contribution in [1.29, 1.82) is 0 Å². The van der Waals surface area contributed by atoms with Crippen LogP contribution in [-0.2, 0) is 14.3 Å². The fourth-order valence-electron chi connectivity index (χ4n) is 1.46. The third-order valence-electron chi connectivity index (χ3n) is 2.19. The number of allylic oxidation sites excluding steroid dienone is 2. The van der Waals surface area contributed by atoms with Gasteiger partial charge in [0.05, 0.1) is 5.57 Å². The molecule has 2 rings (SSSR count). The highest BCUT2D eigenvalue weighted by molar-refractivity contribution is 6.30. The molecule has 1 fully saturated rings. The van der Waals surface area contributed by atoms with E-state index in [4.69, 9.17) is 11.6 Å². The van der Waals surface area contributed by atoms with E-state index >= 15 is 0 Å². The van der Waals surface area contributed by atoms with Gasteiger partial charge in [-0.3, -0.25) is 0 Å². The number of esters is 2. The third kappa shape index (κ3) is 1.18. The Bertz CT molecular complexity index is 418. The molecule has 1 atom stereocenters. The first kappa shape index (κ1) is 10.1. The summed E-state index contributed by atoms with van der Waals surface area (Å²) in [4.78, 5) is 22.3. The van der Waals surface area contributed by atoms with Crippen LogP contribution in [0.1, 0.15) is 0 Å². The van der Waals surface area contributed by atoms with Crippen molar-refractivity contribution < 1.29 is 23.1 Å². The third-order valence-corrected chi connectivity index (χ3v) is 2.41. The minimum absolute atomic E-state index is 0.147. The number of dihydropyridines is 1. The Morgan fingerprint density at radius 2 is 2.07 bits per heavy atom. The largest absolute Gasteiger partial charge is 0.387 e. The molecule has 80 valence electrons. The van der Waals surface area contributed by atoms with Crippen molar-refractivity contribution in [3.05, 3.63) is 22.9 Å². The van der Waals surface area contributed by atoms with E-state index in [1.54, 1.807) is 0 Å². The van der Waals surface area contributed by atoms with Gasteiger partial charge in [0, 0.05) is 0 Å². The van der Waals surface area contributed by atoms with Crippen LogP contribution in [0.25, 0.3) is 0 Å². The van der Waals surface area contributed by atoms with Crippen LogP contribution in [0.4, 0.5) is 8.78 Å². The Morgan fingerprint density at radius 1 is 1.40 bits per heavy atom. The molecule has 2 aliphatic heterocycles. The number of fused-ring (bicyclic) bond motifs is 1. The molecule has 2 aliphatic rings. The number of cyclic esters (lactones) is 2. The zero-order valence-corrected chi connectivity index (χ0v) is 7.85. The number of nitrogens with one attached hydrogen (secondary N) is 1. The number of hydrogen-bond acceptors (Lipinski definition) is 4. The zero-order valence-electron chi connectivity index (χ0n) is 7.09. The molecule has 0 aromatic heterocycles. The van der Waals surface area contributed by atoms with Gasteiger partial charge in [0.2, 0.25) is 5.54 Å². The normalized spacial score (nSPS) is 29.3. The molecule has 1 saturated heterocycles. The van der Waals surface area contributed by atoms with Crippen LogP contribution < -0.4 is 5.32 Å². The molecule has 7 heteroatoms. The van der Waals surface area contributed by atoms with Crippen LogP contribution in [0.3, 0.4) is 0 Å². The fourth-order valence-corrected chi connectivity index (χ4v) is 1.67. The number of hydrogen-bond donors (Lipinski definition) is 1. The lowest BCUT2D eigenvalue weighted by Gasteiger charge is -2.28. The summed E-state index contributed by atoms with van der Waals surface area (Å²) in [6, 6.07) is 0. The van der Waals surface area contributed by atoms with Crippen LogP contribution in [0.15, 0.2) is 22.9 Å². The molecular weight excluding hydrogens is 232 g/mol. The summed E-state index contributed by atoms with van der Waals surface area (Å²) in [7, 11) is 0. The molecule has 4 nitrogen and oxygen atoms in total. The Labute approximate surface area is 87.5 Å². The summed E-state index contributed by atoms with van der Waals surface area (Å²) in [6.45, 7) is 0. The first-order chi connectivity index (χ1) is 6.98. The Morgan fingerprint density at radius 3 is 2.67 bits per heavy atom. The minimum atomic E-state index is -3.12. The monoisotopic (exact) mass is 235 g/mol. The standard InChI is InChI=1S/C8H4ClF2NO3/c9-4-2-1-3-5(13)15-7(14)8(3,12-4)6(10)11/h1-2,6,12H. The van der Waals surface area contributed by atoms with E-state index in [0.717, 1.165) is 6.08 Å². The number of carbonyl (C=O) groups is 2. The second-order valence-corrected chi connectivity index (χ2v) is 3.41. The molecular formula is C8H4ClF2NO3. The topological polar surface area (TPSA) is 55.4 Å². The highest BCUT2D eigenvalue weighted by Crippen LogP contribution is 2.36. The number of carbonyl (C=O) groups excluding carboxylic acids is 2. The SMILES string of the molecule is O=C1OC(=O)C2(C(F)F)NC(Cl)=CC=C12. The second-order valence-electron chi connectivity index (χ2n) is 3.01. The van der Waals surface area contributed by atoms with Gasteiger partial charge in [0.1, 0.15) is 5.16 Å². The molecule has 0 radical (unpaired) electrons. The van der Waals surface area contributed by atoms with Crippen molar-refractivity contribution in [2.45, 2.75) is 12.0 Å². The molecule has 0 aliphatic carbocycles. The lowest BCUT2D eigenvalue weighted by Crippen LogP contribution is -2.56. The maximum Gasteiger partial charge on any atom is 0.350 e. The predicted octanol–water partition coefficient (Wildman–Crippen LogP) is 0.683. The molecule has 2 heterocycles. The van der Waals surface area contributed by atoms with Crippen LogP contribution in [0.2, 0.25) is 0 Å². The Balaban J connectivity index is 2.58. The number of alkyl halides is 2. The summed E-state index contributed by atoms with van der Waals surface area (Å²) >= 11 is 5.48. The fraction of sp³-hybridized carbons (Fsp3) is 0.250. The van der Waals surface area contributed by atoms with E-state index in [1.165, 1.54) is 6.08 Å². The van der Waals surface area contributed by atoms with Crippen LogP contribution >= 0.6 is 11.6 Å². The molecule has 0 saturated carbocycles. The molecule has 1 N–H and O–H groups in total. The van der Waals surface area contributed by atoms with Crippen molar-refractivity contribution >= 4 is 23.5 Å². The van der Waals surface area contributed by atoms with Gasteiger partial charge < -0.3 is 10.1 Å². The predicted molar refractivity (Wildman–Crippen MR) is 45.0 cm³/mol. The maximum atomic E-state index is 12.8. The number of ether oxygens (including phenoxy) is 1. The highest BCUT2D eigenvalue weighted by Gasteiger charge is 2.61. The Kier molecular flexibility index (Phi) is 2.04. The number of rotatable bonds is 1. The molecule has 0 aromatic carbocycles. The molecule has 0 bridgehead atoms. The first-order valence-corrected chi connectivity index (χ1v) is 4.27. The zero-order chi connectivity index (χ0) is 11.2. The van der Waals surface area contributed by atoms with E-state index in [2.05, 4.69) is 10.1 Å². The average Bonchev–Trinajstić information content (AvgIpc) is 2.39. The average molecular weight is 236 g/mol. The van der Waals surface area contributed by atoms with E-state index in [9.17, 15) is 18.4 Å². The summed E-state index contributed by atoms with van der Waals surface area (Å²) in [6.07, 6.45) is -0.861. The van der Waals surface area contributed by atoms with Crippen molar-refractivity contribution in [2.75, 3.05) is 0 Å². The van der Waals surface area contributed by atoms with E-state index in [-0.39, 0.29) is 5.16 Å². The van der Waals surface area contributed by atoms with Crippen molar-refractivity contribution in [3.63, 3.8) is 0 Å². The maximum absolute atomic E-state index is 12.8. The smallest absolute Gasteiger partial charge is 0.350 e. The van der Waals surface area contributed by atoms with Gasteiger partial charge in [-0.1, -0.05) is 11.6 Å². The first-order valence-electron chi connectivity index (χ1n) is 3.89. The number of halogens is 3. The second kappa shape index (κ2) is 3.03. The molecule has 15 heavy (non-hydrogen) atoms. The quantitative estimate of drug-likeness (QED) is 0.413. The van der Waals surface area contributed by atoms with Gasteiger partial charge >= 0.3 is 11.9 Å². The van der Waals surface area contributed by atoms with Crippen molar-refractivity contribution in [2.24, 2.45) is 0 Å². The van der Waals surface area contributed by atoms with Gasteiger partial charge in [-0.05, 0) is 12.2 Å². The van der Waals surface area contributed by atoms with Gasteiger partial charge in [0.25, 0.3) is 6.43 Å². The van der Waals surface area contributed by atoms with Crippen LogP contribution in [0.5, 0.6) is 0 Å². The molecule has 1 unspecified atom stereocenters. The van der Waals surface area contributed by atoms with Gasteiger partial charge in [-0.25, -0.2) is 18.4 Å². The van der Waals surface area contributed by atoms with Crippen LogP contribution in [-0.4, -0.2) is 23.9 Å². The lowest BCUT2D eigenvalue weighted by atomic mass is 9.90. The molecule has 0 amide bonds. The van der Waals surface area contributed by atoms with E-state index < -0.39 is 29.5 Å². The van der Waals surface area contributed by atoms with Gasteiger partial charge in [0.15, 0.2) is 0 Å². The van der Waals surface area contributed by atoms with E-state index in [0.29, 0.717) is 0 Å². The molecule has 0 aromatic rings. The van der Waals surface area contributed by atoms with Gasteiger partial charge in [-0.2, -0.15) is 0 Å². The Hall–Kier alpha value is -1.43.